The maximum absolute atomic E-state index is 11.6. The highest BCUT2D eigenvalue weighted by Crippen LogP contribution is 2.37. The van der Waals surface area contributed by atoms with E-state index in [-0.39, 0.29) is 11.0 Å². The first-order valence-corrected chi connectivity index (χ1v) is 7.73. The number of hydrogen-bond donors (Lipinski definition) is 1. The topological polar surface area (TPSA) is 20.3 Å². The first-order chi connectivity index (χ1) is 7.78. The molecule has 1 unspecified atom stereocenters. The van der Waals surface area contributed by atoms with Gasteiger partial charge in [-0.25, -0.2) is 0 Å². The van der Waals surface area contributed by atoms with Crippen molar-refractivity contribution in [3.05, 3.63) is 10.6 Å². The maximum Gasteiger partial charge on any atom is 0.189 e. The van der Waals surface area contributed by atoms with Crippen molar-refractivity contribution in [1.82, 2.24) is 4.90 Å². The first-order valence-electron chi connectivity index (χ1n) is 5.99. The molecule has 0 N–H and O–H groups in total. The van der Waals surface area contributed by atoms with Crippen LogP contribution in [0.1, 0.15) is 33.6 Å². The number of Topliss-reactive ketones (excluding diaryl/α,β-unsaturated/α-hetero) is 1. The fourth-order valence-electron chi connectivity index (χ4n) is 1.98. The zero-order chi connectivity index (χ0) is 13.2. The number of allylic oxidation sites excluding steroid dienone is 1. The van der Waals surface area contributed by atoms with E-state index >= 15 is 0 Å². The molecule has 0 fully saturated rings. The lowest BCUT2D eigenvalue weighted by Crippen LogP contribution is -2.40. The lowest BCUT2D eigenvalue weighted by atomic mass is 9.90. The summed E-state index contributed by atoms with van der Waals surface area (Å²) in [6, 6.07) is 0. The number of ketones is 1. The molecule has 0 spiro atoms. The van der Waals surface area contributed by atoms with E-state index in [1.807, 2.05) is 6.26 Å². The second-order valence-corrected chi connectivity index (χ2v) is 7.10. The van der Waals surface area contributed by atoms with Crippen molar-refractivity contribution in [3.8, 4) is 0 Å². The minimum absolute atomic E-state index is 0.179. The Kier molecular flexibility index (Phi) is 5.02. The molecule has 98 valence electrons. The van der Waals surface area contributed by atoms with Crippen LogP contribution in [-0.2, 0) is 4.79 Å². The van der Waals surface area contributed by atoms with Crippen molar-refractivity contribution in [1.29, 1.82) is 0 Å². The molecule has 0 amide bonds. The van der Waals surface area contributed by atoms with Crippen molar-refractivity contribution >= 4 is 30.2 Å². The third-order valence-corrected chi connectivity index (χ3v) is 4.30. The molecular formula is C13H23NOS2. The highest BCUT2D eigenvalue weighted by Gasteiger charge is 2.38. The Balaban J connectivity index is 2.51. The number of hydrogen-bond acceptors (Lipinski definition) is 4. The molecule has 0 radical (unpaired) electrons. The van der Waals surface area contributed by atoms with E-state index in [1.165, 1.54) is 18.2 Å². The Bertz CT molecular complexity index is 331. The van der Waals surface area contributed by atoms with Gasteiger partial charge in [-0.2, -0.15) is 12.6 Å². The van der Waals surface area contributed by atoms with Gasteiger partial charge in [-0.05, 0) is 24.5 Å². The smallest absolute Gasteiger partial charge is 0.189 e. The van der Waals surface area contributed by atoms with Crippen molar-refractivity contribution < 1.29 is 4.79 Å². The largest absolute Gasteiger partial charge is 0.376 e. The summed E-state index contributed by atoms with van der Waals surface area (Å²) in [7, 11) is 2.06. The molecule has 0 heterocycles. The normalized spacial score (nSPS) is 20.6. The second-order valence-electron chi connectivity index (χ2n) is 5.77. The van der Waals surface area contributed by atoms with E-state index in [0.29, 0.717) is 5.41 Å². The van der Waals surface area contributed by atoms with Crippen LogP contribution in [-0.4, -0.2) is 35.8 Å². The van der Waals surface area contributed by atoms with Crippen LogP contribution in [0.3, 0.4) is 0 Å². The van der Waals surface area contributed by atoms with Crippen molar-refractivity contribution in [3.63, 3.8) is 0 Å². The van der Waals surface area contributed by atoms with E-state index in [1.54, 1.807) is 0 Å². The summed E-state index contributed by atoms with van der Waals surface area (Å²) in [5.74, 6) is 0.179. The maximum atomic E-state index is 11.6. The fraction of sp³-hybridized carbons (Fsp3) is 0.769. The molecule has 0 aromatic heterocycles. The van der Waals surface area contributed by atoms with Crippen LogP contribution in [0.2, 0.25) is 0 Å². The number of nitrogens with zero attached hydrogens (tertiary/aromatic N) is 1. The molecule has 1 aliphatic carbocycles. The summed E-state index contributed by atoms with van der Waals surface area (Å²) in [4.78, 5) is 14.6. The Morgan fingerprint density at radius 1 is 1.41 bits per heavy atom. The van der Waals surface area contributed by atoms with Crippen LogP contribution >= 0.6 is 24.4 Å². The summed E-state index contributed by atoms with van der Waals surface area (Å²) in [5, 5.41) is -0.197. The summed E-state index contributed by atoms with van der Waals surface area (Å²) < 4.78 is 0. The second kappa shape index (κ2) is 5.70. The van der Waals surface area contributed by atoms with Crippen LogP contribution < -0.4 is 0 Å². The van der Waals surface area contributed by atoms with E-state index in [4.69, 9.17) is 0 Å². The highest BCUT2D eigenvalue weighted by atomic mass is 32.2. The SMILES string of the molecule is CSC1=C(N(C)CCCC(C)(C)C)C(S)C1=O. The summed E-state index contributed by atoms with van der Waals surface area (Å²) in [6.07, 6.45) is 4.31. The predicted molar refractivity (Wildman–Crippen MR) is 79.6 cm³/mol. The van der Waals surface area contributed by atoms with Crippen LogP contribution in [0.5, 0.6) is 0 Å². The summed E-state index contributed by atoms with van der Waals surface area (Å²) in [6.45, 7) is 7.77. The van der Waals surface area contributed by atoms with Gasteiger partial charge in [0.1, 0.15) is 5.25 Å². The van der Waals surface area contributed by atoms with Crippen LogP contribution in [0.4, 0.5) is 0 Å². The van der Waals surface area contributed by atoms with Crippen LogP contribution in [0.25, 0.3) is 0 Å². The standard InChI is InChI=1S/C13H23NOS2/c1-13(2,3)7-6-8-14(4)9-11(16)10(15)12(9)17-5/h11,16H,6-8H2,1-5H3. The lowest BCUT2D eigenvalue weighted by Gasteiger charge is -2.35. The summed E-state index contributed by atoms with van der Waals surface area (Å²) >= 11 is 5.88. The number of carbonyl (C=O) groups excluding carboxylic acids is 1. The minimum atomic E-state index is -0.197. The van der Waals surface area contributed by atoms with Gasteiger partial charge in [0.15, 0.2) is 5.78 Å². The number of thiol groups is 1. The molecule has 1 rings (SSSR count). The van der Waals surface area contributed by atoms with E-state index in [0.717, 1.165) is 23.6 Å². The predicted octanol–water partition coefficient (Wildman–Crippen LogP) is 3.20. The van der Waals surface area contributed by atoms with Crippen LogP contribution in [0, 0.1) is 5.41 Å². The molecule has 1 aliphatic rings. The average molecular weight is 273 g/mol. The molecule has 0 saturated heterocycles. The molecular weight excluding hydrogens is 250 g/mol. The highest BCUT2D eigenvalue weighted by molar-refractivity contribution is 8.03. The number of thioether (sulfide) groups is 1. The van der Waals surface area contributed by atoms with E-state index in [9.17, 15) is 4.79 Å². The monoisotopic (exact) mass is 273 g/mol. The molecule has 4 heteroatoms. The van der Waals surface area contributed by atoms with Gasteiger partial charge in [0, 0.05) is 13.6 Å². The quantitative estimate of drug-likeness (QED) is 0.777. The zero-order valence-corrected chi connectivity index (χ0v) is 13.1. The molecule has 0 saturated carbocycles. The third kappa shape index (κ3) is 3.68. The molecule has 0 aromatic carbocycles. The molecule has 2 nitrogen and oxygen atoms in total. The average Bonchev–Trinajstić information content (AvgIpc) is 2.22. The Hall–Kier alpha value is -0.0900. The zero-order valence-electron chi connectivity index (χ0n) is 11.4. The minimum Gasteiger partial charge on any atom is -0.376 e. The lowest BCUT2D eigenvalue weighted by molar-refractivity contribution is -0.115. The summed E-state index contributed by atoms with van der Waals surface area (Å²) in [5.41, 5.74) is 1.49. The Morgan fingerprint density at radius 2 is 2.00 bits per heavy atom. The van der Waals surface area contributed by atoms with Gasteiger partial charge < -0.3 is 4.90 Å². The van der Waals surface area contributed by atoms with Crippen molar-refractivity contribution in [2.75, 3.05) is 19.8 Å². The molecule has 0 bridgehead atoms. The Morgan fingerprint density at radius 3 is 2.47 bits per heavy atom. The van der Waals surface area contributed by atoms with Gasteiger partial charge in [-0.1, -0.05) is 20.8 Å². The number of rotatable bonds is 5. The third-order valence-electron chi connectivity index (χ3n) is 3.00. The van der Waals surface area contributed by atoms with Gasteiger partial charge in [-0.3, -0.25) is 4.79 Å². The van der Waals surface area contributed by atoms with E-state index < -0.39 is 0 Å². The van der Waals surface area contributed by atoms with Crippen molar-refractivity contribution in [2.45, 2.75) is 38.9 Å². The molecule has 0 aliphatic heterocycles. The van der Waals surface area contributed by atoms with Crippen LogP contribution in [0.15, 0.2) is 10.6 Å². The van der Waals surface area contributed by atoms with Crippen molar-refractivity contribution in [2.24, 2.45) is 5.41 Å². The molecule has 0 aromatic rings. The van der Waals surface area contributed by atoms with Gasteiger partial charge >= 0.3 is 0 Å². The first kappa shape index (κ1) is 15.0. The molecule has 1 atom stereocenters. The number of carbonyl (C=O) groups is 1. The Labute approximate surface area is 115 Å². The van der Waals surface area contributed by atoms with Gasteiger partial charge in [0.25, 0.3) is 0 Å². The van der Waals surface area contributed by atoms with E-state index in [2.05, 4.69) is 45.3 Å². The van der Waals surface area contributed by atoms with Gasteiger partial charge in [0.2, 0.25) is 0 Å². The molecule has 17 heavy (non-hydrogen) atoms. The van der Waals surface area contributed by atoms with Gasteiger partial charge in [-0.15, -0.1) is 11.8 Å². The fourth-order valence-corrected chi connectivity index (χ4v) is 3.41. The van der Waals surface area contributed by atoms with Gasteiger partial charge in [0.05, 0.1) is 10.6 Å².